The molecule has 0 unspecified atom stereocenters. The van der Waals surface area contributed by atoms with Crippen LogP contribution in [0.5, 0.6) is 0 Å². The number of rotatable bonds is 7. The van der Waals surface area contributed by atoms with E-state index < -0.39 is 0 Å². The number of amides is 1. The van der Waals surface area contributed by atoms with Gasteiger partial charge in [0.15, 0.2) is 0 Å². The first kappa shape index (κ1) is 18.6. The van der Waals surface area contributed by atoms with Crippen LogP contribution in [0.2, 0.25) is 0 Å². The molecule has 1 heterocycles. The highest BCUT2D eigenvalue weighted by atomic mass is 16.5. The van der Waals surface area contributed by atoms with Crippen LogP contribution in [0, 0.1) is 0 Å². The highest BCUT2D eigenvalue weighted by Crippen LogP contribution is 2.15. The first-order chi connectivity index (χ1) is 12.7. The highest BCUT2D eigenvalue weighted by Gasteiger charge is 2.12. The van der Waals surface area contributed by atoms with E-state index in [9.17, 15) is 4.79 Å². The van der Waals surface area contributed by atoms with Crippen molar-refractivity contribution in [3.05, 3.63) is 65.2 Å². The number of carbonyl (C=O) groups excluding carboxylic acids is 1. The molecule has 2 aromatic rings. The Bertz CT molecular complexity index is 706. The van der Waals surface area contributed by atoms with Gasteiger partial charge in [0.2, 0.25) is 0 Å². The zero-order valence-electron chi connectivity index (χ0n) is 15.5. The molecule has 3 rings (SSSR count). The summed E-state index contributed by atoms with van der Waals surface area (Å²) in [5.74, 6) is -0.0601. The molecule has 1 aliphatic heterocycles. The van der Waals surface area contributed by atoms with Crippen LogP contribution in [-0.4, -0.2) is 37.1 Å². The molecular weight excluding hydrogens is 324 g/mol. The van der Waals surface area contributed by atoms with E-state index in [0.717, 1.165) is 50.5 Å². The molecule has 4 heteroatoms. The number of aryl methyl sites for hydroxylation is 1. The van der Waals surface area contributed by atoms with E-state index in [2.05, 4.69) is 35.3 Å². The minimum Gasteiger partial charge on any atom is -0.379 e. The van der Waals surface area contributed by atoms with Crippen molar-refractivity contribution < 1.29 is 9.53 Å². The van der Waals surface area contributed by atoms with Gasteiger partial charge in [0.1, 0.15) is 0 Å². The third-order valence-electron chi connectivity index (χ3n) is 4.73. The van der Waals surface area contributed by atoms with Crippen LogP contribution >= 0.6 is 0 Å². The second-order valence-corrected chi connectivity index (χ2v) is 6.84. The number of unbranched alkanes of at least 4 members (excludes halogenated alkanes) is 1. The summed E-state index contributed by atoms with van der Waals surface area (Å²) < 4.78 is 5.39. The summed E-state index contributed by atoms with van der Waals surface area (Å²) in [5, 5.41) is 3.00. The van der Waals surface area contributed by atoms with Gasteiger partial charge in [-0.15, -0.1) is 0 Å². The molecule has 0 radical (unpaired) electrons. The number of nitrogens with one attached hydrogen (secondary N) is 1. The van der Waals surface area contributed by atoms with E-state index in [1.165, 1.54) is 18.4 Å². The molecule has 0 atom stereocenters. The molecule has 0 saturated carbocycles. The maximum absolute atomic E-state index is 12.6. The molecule has 26 heavy (non-hydrogen) atoms. The van der Waals surface area contributed by atoms with E-state index >= 15 is 0 Å². The first-order valence-electron chi connectivity index (χ1n) is 9.54. The van der Waals surface area contributed by atoms with Crippen molar-refractivity contribution in [1.82, 2.24) is 4.90 Å². The monoisotopic (exact) mass is 352 g/mol. The summed E-state index contributed by atoms with van der Waals surface area (Å²) >= 11 is 0. The summed E-state index contributed by atoms with van der Waals surface area (Å²) in [7, 11) is 0. The summed E-state index contributed by atoms with van der Waals surface area (Å²) in [5.41, 5.74) is 4.02. The molecule has 1 aliphatic rings. The summed E-state index contributed by atoms with van der Waals surface area (Å²) in [6.45, 7) is 6.52. The third kappa shape index (κ3) is 5.41. The van der Waals surface area contributed by atoms with E-state index in [0.29, 0.717) is 5.56 Å². The summed E-state index contributed by atoms with van der Waals surface area (Å²) in [6, 6.07) is 16.1. The van der Waals surface area contributed by atoms with Crippen LogP contribution in [-0.2, 0) is 17.7 Å². The zero-order valence-corrected chi connectivity index (χ0v) is 15.5. The van der Waals surface area contributed by atoms with E-state index in [1.54, 1.807) is 0 Å². The number of nitrogens with zero attached hydrogens (tertiary/aromatic N) is 1. The Kier molecular flexibility index (Phi) is 6.81. The number of morpholine rings is 1. The molecule has 1 N–H and O–H groups in total. The molecule has 4 nitrogen and oxygen atoms in total. The third-order valence-corrected chi connectivity index (χ3v) is 4.73. The van der Waals surface area contributed by atoms with Crippen molar-refractivity contribution in [3.63, 3.8) is 0 Å². The van der Waals surface area contributed by atoms with Gasteiger partial charge < -0.3 is 10.1 Å². The van der Waals surface area contributed by atoms with Crippen LogP contribution in [0.4, 0.5) is 5.69 Å². The van der Waals surface area contributed by atoms with Gasteiger partial charge in [-0.25, -0.2) is 0 Å². The highest BCUT2D eigenvalue weighted by molar-refractivity contribution is 6.04. The van der Waals surface area contributed by atoms with Crippen LogP contribution in [0.25, 0.3) is 0 Å². The standard InChI is InChI=1S/C22H28N2O2/c1-2-3-5-18-8-10-21(11-9-18)23-22(25)20-7-4-6-19(16-20)17-24-12-14-26-15-13-24/h4,6-11,16H,2-3,5,12-15,17H2,1H3,(H,23,25). The molecule has 0 aliphatic carbocycles. The Hall–Kier alpha value is -2.17. The molecule has 138 valence electrons. The van der Waals surface area contributed by atoms with Crippen LogP contribution < -0.4 is 5.32 Å². The van der Waals surface area contributed by atoms with Crippen LogP contribution in [0.1, 0.15) is 41.3 Å². The Balaban J connectivity index is 1.59. The minimum atomic E-state index is -0.0601. The van der Waals surface area contributed by atoms with Gasteiger partial charge in [-0.1, -0.05) is 37.6 Å². The van der Waals surface area contributed by atoms with Crippen LogP contribution in [0.15, 0.2) is 48.5 Å². The van der Waals surface area contributed by atoms with Crippen molar-refractivity contribution in [2.75, 3.05) is 31.6 Å². The van der Waals surface area contributed by atoms with Gasteiger partial charge in [-0.2, -0.15) is 0 Å². The summed E-state index contributed by atoms with van der Waals surface area (Å²) in [4.78, 5) is 14.9. The fraction of sp³-hybridized carbons (Fsp3) is 0.409. The molecule has 1 amide bonds. The lowest BCUT2D eigenvalue weighted by Gasteiger charge is -2.26. The normalized spacial score (nSPS) is 15.0. The molecule has 0 bridgehead atoms. The van der Waals surface area contributed by atoms with Crippen molar-refractivity contribution in [3.8, 4) is 0 Å². The SMILES string of the molecule is CCCCc1ccc(NC(=O)c2cccc(CN3CCOCC3)c2)cc1. The number of benzene rings is 2. The first-order valence-corrected chi connectivity index (χ1v) is 9.54. The second kappa shape index (κ2) is 9.51. The smallest absolute Gasteiger partial charge is 0.255 e. The average molecular weight is 352 g/mol. The minimum absolute atomic E-state index is 0.0601. The molecule has 0 aromatic heterocycles. The fourth-order valence-electron chi connectivity index (χ4n) is 3.17. The molecule has 2 aromatic carbocycles. The largest absolute Gasteiger partial charge is 0.379 e. The fourth-order valence-corrected chi connectivity index (χ4v) is 3.17. The van der Waals surface area contributed by atoms with Crippen molar-refractivity contribution >= 4 is 11.6 Å². The Morgan fingerprint density at radius 2 is 1.85 bits per heavy atom. The number of carbonyl (C=O) groups is 1. The Morgan fingerprint density at radius 3 is 2.58 bits per heavy atom. The maximum atomic E-state index is 12.6. The van der Waals surface area contributed by atoms with Gasteiger partial charge in [-0.3, -0.25) is 9.69 Å². The van der Waals surface area contributed by atoms with E-state index in [-0.39, 0.29) is 5.91 Å². The van der Waals surface area contributed by atoms with Crippen molar-refractivity contribution in [2.45, 2.75) is 32.7 Å². The molecule has 1 saturated heterocycles. The lowest BCUT2D eigenvalue weighted by molar-refractivity contribution is 0.0342. The van der Waals surface area contributed by atoms with Crippen molar-refractivity contribution in [1.29, 1.82) is 0 Å². The van der Waals surface area contributed by atoms with Gasteiger partial charge in [0.05, 0.1) is 13.2 Å². The molecular formula is C22H28N2O2. The van der Waals surface area contributed by atoms with Crippen LogP contribution in [0.3, 0.4) is 0 Å². The zero-order chi connectivity index (χ0) is 18.2. The lowest BCUT2D eigenvalue weighted by Crippen LogP contribution is -2.35. The van der Waals surface area contributed by atoms with Crippen molar-refractivity contribution in [2.24, 2.45) is 0 Å². The van der Waals surface area contributed by atoms with Gasteiger partial charge >= 0.3 is 0 Å². The quantitative estimate of drug-likeness (QED) is 0.815. The summed E-state index contributed by atoms with van der Waals surface area (Å²) in [6.07, 6.45) is 3.48. The second-order valence-electron chi connectivity index (χ2n) is 6.84. The number of hydrogen-bond acceptors (Lipinski definition) is 3. The van der Waals surface area contributed by atoms with Gasteiger partial charge in [-0.05, 0) is 48.2 Å². The number of hydrogen-bond donors (Lipinski definition) is 1. The topological polar surface area (TPSA) is 41.6 Å². The van der Waals surface area contributed by atoms with E-state index in [4.69, 9.17) is 4.74 Å². The molecule has 1 fully saturated rings. The maximum Gasteiger partial charge on any atom is 0.255 e. The predicted molar refractivity (Wildman–Crippen MR) is 106 cm³/mol. The molecule has 0 spiro atoms. The number of anilines is 1. The lowest BCUT2D eigenvalue weighted by atomic mass is 10.1. The average Bonchev–Trinajstić information content (AvgIpc) is 2.68. The predicted octanol–water partition coefficient (Wildman–Crippen LogP) is 4.11. The Morgan fingerprint density at radius 1 is 1.08 bits per heavy atom. The van der Waals surface area contributed by atoms with Gasteiger partial charge in [0, 0.05) is 30.9 Å². The van der Waals surface area contributed by atoms with Gasteiger partial charge in [0.25, 0.3) is 5.91 Å². The van der Waals surface area contributed by atoms with E-state index in [1.807, 2.05) is 30.3 Å². The number of ether oxygens (including phenoxy) is 1. The Labute approximate surface area is 156 Å².